The van der Waals surface area contributed by atoms with Gasteiger partial charge in [0.15, 0.2) is 17.3 Å². The summed E-state index contributed by atoms with van der Waals surface area (Å²) in [7, 11) is -2.58. The molecule has 1 aliphatic rings. The van der Waals surface area contributed by atoms with E-state index in [0.717, 1.165) is 42.4 Å². The molecule has 0 saturated heterocycles. The third-order valence-corrected chi connectivity index (χ3v) is 8.56. The summed E-state index contributed by atoms with van der Waals surface area (Å²) in [4.78, 5) is 17.9. The topological polar surface area (TPSA) is 109 Å². The second kappa shape index (κ2) is 12.7. The maximum atomic E-state index is 13.9. The minimum absolute atomic E-state index is 0.0427. The molecule has 8 heteroatoms. The Bertz CT molecular complexity index is 1600. The smallest absolute Gasteiger partial charge is 0.238 e. The number of hydrogen-bond acceptors (Lipinski definition) is 6. The van der Waals surface area contributed by atoms with E-state index in [9.17, 15) is 13.2 Å². The van der Waals surface area contributed by atoms with E-state index in [4.69, 9.17) is 14.6 Å². The Morgan fingerprint density at radius 3 is 2.34 bits per heavy atom. The normalized spacial score (nSPS) is 14.5. The van der Waals surface area contributed by atoms with Gasteiger partial charge in [0, 0.05) is 30.3 Å². The lowest BCUT2D eigenvalue weighted by Gasteiger charge is -2.24. The van der Waals surface area contributed by atoms with Gasteiger partial charge in [-0.25, -0.2) is 13.6 Å². The van der Waals surface area contributed by atoms with E-state index in [0.29, 0.717) is 23.5 Å². The van der Waals surface area contributed by atoms with Crippen molar-refractivity contribution in [3.05, 3.63) is 119 Å². The number of pyridine rings is 1. The first-order valence-electron chi connectivity index (χ1n) is 13.8. The van der Waals surface area contributed by atoms with Crippen LogP contribution in [0, 0.1) is 0 Å². The van der Waals surface area contributed by atoms with Crippen LogP contribution in [0.5, 0.6) is 11.5 Å². The highest BCUT2D eigenvalue weighted by Crippen LogP contribution is 2.39. The number of nitrogens with zero attached hydrogens (tertiary/aromatic N) is 1. The molecule has 4 aromatic rings. The van der Waals surface area contributed by atoms with E-state index in [1.54, 1.807) is 25.6 Å². The number of Topliss-reactive ketones (excluding diaryl/α,β-unsaturated/α-hetero) is 1. The molecule has 41 heavy (non-hydrogen) atoms. The molecule has 1 saturated carbocycles. The highest BCUT2D eigenvalue weighted by atomic mass is 32.2. The highest BCUT2D eigenvalue weighted by Gasteiger charge is 2.29. The van der Waals surface area contributed by atoms with Gasteiger partial charge in [0.25, 0.3) is 0 Å². The molecule has 0 aliphatic heterocycles. The largest absolute Gasteiger partial charge is 0.493 e. The molecule has 1 aliphatic carbocycles. The van der Waals surface area contributed by atoms with Gasteiger partial charge in [-0.05, 0) is 84.7 Å². The van der Waals surface area contributed by atoms with Crippen LogP contribution in [0.15, 0.2) is 96.2 Å². The lowest BCUT2D eigenvalue weighted by molar-refractivity contribution is 0.0988. The van der Waals surface area contributed by atoms with E-state index in [2.05, 4.69) is 4.98 Å². The van der Waals surface area contributed by atoms with E-state index in [1.165, 1.54) is 6.07 Å². The van der Waals surface area contributed by atoms with Gasteiger partial charge in [-0.15, -0.1) is 0 Å². The SMILES string of the molecule is COc1ccc(C(Cc2ccncc2)c2cccc(S(N)(=O)=O)c2C(=O)Cc2ccccc2)cc1OC1CCCC1. The monoisotopic (exact) mass is 570 g/mol. The molecule has 5 rings (SSSR count). The average Bonchev–Trinajstić information content (AvgIpc) is 3.49. The summed E-state index contributed by atoms with van der Waals surface area (Å²) in [6.07, 6.45) is 8.33. The number of primary sulfonamides is 1. The second-order valence-corrected chi connectivity index (χ2v) is 11.9. The van der Waals surface area contributed by atoms with E-state index in [-0.39, 0.29) is 34.7 Å². The summed E-state index contributed by atoms with van der Waals surface area (Å²) < 4.78 is 37.6. The van der Waals surface area contributed by atoms with Crippen LogP contribution in [0.3, 0.4) is 0 Å². The van der Waals surface area contributed by atoms with Gasteiger partial charge >= 0.3 is 0 Å². The number of ketones is 1. The van der Waals surface area contributed by atoms with E-state index in [1.807, 2.05) is 66.7 Å². The Balaban J connectivity index is 1.66. The summed E-state index contributed by atoms with van der Waals surface area (Å²) in [5.41, 5.74) is 3.35. The predicted octanol–water partition coefficient (Wildman–Crippen LogP) is 5.86. The van der Waals surface area contributed by atoms with Crippen LogP contribution in [0.2, 0.25) is 0 Å². The molecule has 1 atom stereocenters. The van der Waals surface area contributed by atoms with Crippen molar-refractivity contribution in [3.63, 3.8) is 0 Å². The van der Waals surface area contributed by atoms with Crippen molar-refractivity contribution in [2.45, 2.75) is 55.4 Å². The Hall–Kier alpha value is -4.01. The third-order valence-electron chi connectivity index (χ3n) is 7.60. The summed E-state index contributed by atoms with van der Waals surface area (Å²) in [5.74, 6) is 0.565. The van der Waals surface area contributed by atoms with Crippen LogP contribution in [0.4, 0.5) is 0 Å². The molecule has 0 radical (unpaired) electrons. The van der Waals surface area contributed by atoms with Crippen molar-refractivity contribution >= 4 is 15.8 Å². The minimum Gasteiger partial charge on any atom is -0.493 e. The fourth-order valence-corrected chi connectivity index (χ4v) is 6.38. The zero-order valence-electron chi connectivity index (χ0n) is 23.0. The quantitative estimate of drug-likeness (QED) is 0.226. The van der Waals surface area contributed by atoms with Gasteiger partial charge in [0.05, 0.1) is 18.1 Å². The van der Waals surface area contributed by atoms with Crippen molar-refractivity contribution < 1.29 is 22.7 Å². The summed E-state index contributed by atoms with van der Waals surface area (Å²) in [5, 5.41) is 5.68. The van der Waals surface area contributed by atoms with Gasteiger partial charge < -0.3 is 9.47 Å². The summed E-state index contributed by atoms with van der Waals surface area (Å²) in [6, 6.07) is 23.8. The number of rotatable bonds is 11. The van der Waals surface area contributed by atoms with Crippen LogP contribution in [-0.2, 0) is 22.9 Å². The summed E-state index contributed by atoms with van der Waals surface area (Å²) >= 11 is 0. The van der Waals surface area contributed by atoms with Crippen molar-refractivity contribution in [1.82, 2.24) is 4.98 Å². The molecular formula is C33H34N2O5S. The van der Waals surface area contributed by atoms with Crippen molar-refractivity contribution in [2.24, 2.45) is 5.14 Å². The molecule has 0 bridgehead atoms. The number of carbonyl (C=O) groups is 1. The number of aromatic nitrogens is 1. The van der Waals surface area contributed by atoms with E-state index < -0.39 is 10.0 Å². The van der Waals surface area contributed by atoms with Gasteiger partial charge in [-0.3, -0.25) is 9.78 Å². The first-order chi connectivity index (χ1) is 19.8. The lowest BCUT2D eigenvalue weighted by atomic mass is 9.82. The Morgan fingerprint density at radius 1 is 0.927 bits per heavy atom. The molecule has 1 fully saturated rings. The standard InChI is InChI=1S/C33H34N2O5S/c1-39-30-15-14-25(22-31(30)40-26-10-5-6-11-26)28(20-24-16-18-35-19-17-24)27-12-7-13-32(41(34,37)38)33(27)29(36)21-23-8-3-2-4-9-23/h2-4,7-9,12-19,22,26,28H,5-6,10-11,20-21H2,1H3,(H2,34,37,38). The lowest BCUT2D eigenvalue weighted by Crippen LogP contribution is -2.21. The van der Waals surface area contributed by atoms with Crippen LogP contribution in [-0.4, -0.2) is 32.4 Å². The van der Waals surface area contributed by atoms with Crippen LogP contribution >= 0.6 is 0 Å². The van der Waals surface area contributed by atoms with Crippen molar-refractivity contribution in [2.75, 3.05) is 7.11 Å². The maximum absolute atomic E-state index is 13.9. The first-order valence-corrected chi connectivity index (χ1v) is 15.3. The van der Waals surface area contributed by atoms with Gasteiger partial charge in [-0.1, -0.05) is 48.5 Å². The first kappa shape index (κ1) is 28.5. The fraction of sp³-hybridized carbons (Fsp3) is 0.273. The minimum atomic E-state index is -4.19. The highest BCUT2D eigenvalue weighted by molar-refractivity contribution is 7.89. The Labute approximate surface area is 241 Å². The third kappa shape index (κ3) is 6.84. The molecular weight excluding hydrogens is 536 g/mol. The van der Waals surface area contributed by atoms with E-state index >= 15 is 0 Å². The van der Waals surface area contributed by atoms with Crippen molar-refractivity contribution in [3.8, 4) is 11.5 Å². The molecule has 1 aromatic heterocycles. The Morgan fingerprint density at radius 2 is 1.66 bits per heavy atom. The zero-order chi connectivity index (χ0) is 28.8. The molecule has 0 amide bonds. The molecule has 1 heterocycles. The number of nitrogens with two attached hydrogens (primary N) is 1. The zero-order valence-corrected chi connectivity index (χ0v) is 23.8. The average molecular weight is 571 g/mol. The molecule has 3 aromatic carbocycles. The number of benzene rings is 3. The second-order valence-electron chi connectivity index (χ2n) is 10.4. The number of sulfonamides is 1. The van der Waals surface area contributed by atoms with Crippen molar-refractivity contribution in [1.29, 1.82) is 0 Å². The molecule has 0 spiro atoms. The predicted molar refractivity (Wildman–Crippen MR) is 158 cm³/mol. The molecule has 2 N–H and O–H groups in total. The van der Waals surface area contributed by atoms with Crippen LogP contribution in [0.1, 0.15) is 64.2 Å². The van der Waals surface area contributed by atoms with Crippen LogP contribution in [0.25, 0.3) is 0 Å². The molecule has 7 nitrogen and oxygen atoms in total. The number of methoxy groups -OCH3 is 1. The molecule has 1 unspecified atom stereocenters. The number of carbonyl (C=O) groups excluding carboxylic acids is 1. The van der Waals surface area contributed by atoms with Gasteiger partial charge in [0.2, 0.25) is 10.0 Å². The summed E-state index contributed by atoms with van der Waals surface area (Å²) in [6.45, 7) is 0. The number of ether oxygens (including phenoxy) is 2. The Kier molecular flexibility index (Phi) is 8.81. The molecule has 212 valence electrons. The maximum Gasteiger partial charge on any atom is 0.238 e. The van der Waals surface area contributed by atoms with Gasteiger partial charge in [0.1, 0.15) is 0 Å². The fourth-order valence-electron chi connectivity index (χ4n) is 5.59. The van der Waals surface area contributed by atoms with Gasteiger partial charge in [-0.2, -0.15) is 0 Å². The van der Waals surface area contributed by atoms with Crippen LogP contribution < -0.4 is 14.6 Å². The number of hydrogen-bond donors (Lipinski definition) is 1.